The van der Waals surface area contributed by atoms with Crippen LogP contribution >= 0.6 is 0 Å². The van der Waals surface area contributed by atoms with E-state index in [1.165, 1.54) is 0 Å². The number of rotatable bonds is 0. The molecule has 0 aliphatic carbocycles. The van der Waals surface area contributed by atoms with Crippen LogP contribution < -0.4 is 0 Å². The molecule has 0 radical (unpaired) electrons. The summed E-state index contributed by atoms with van der Waals surface area (Å²) in [6.07, 6.45) is 0. The summed E-state index contributed by atoms with van der Waals surface area (Å²) in [4.78, 5) is 0. The van der Waals surface area contributed by atoms with Crippen molar-refractivity contribution < 1.29 is 16.8 Å². The van der Waals surface area contributed by atoms with Gasteiger partial charge in [0.25, 0.3) is 0 Å². The van der Waals surface area contributed by atoms with Crippen molar-refractivity contribution in [3.63, 3.8) is 0 Å². The summed E-state index contributed by atoms with van der Waals surface area (Å²) in [5.74, 6) is 0. The van der Waals surface area contributed by atoms with Gasteiger partial charge in [-0.3, -0.25) is 0 Å². The van der Waals surface area contributed by atoms with Gasteiger partial charge < -0.3 is 6.15 Å². The van der Waals surface area contributed by atoms with Crippen LogP contribution in [0.25, 0.3) is 6.15 Å². The first kappa shape index (κ1) is 15.4. The summed E-state index contributed by atoms with van der Waals surface area (Å²) >= 11 is 0. The average molecular weight is 229 g/mol. The van der Waals surface area contributed by atoms with Crippen LogP contribution in [0.3, 0.4) is 0 Å². The van der Waals surface area contributed by atoms with E-state index < -0.39 is 0 Å². The predicted octanol–water partition coefficient (Wildman–Crippen LogP) is 3.69. The molecule has 74 valence electrons. The monoisotopic (exact) mass is 229 g/mol. The van der Waals surface area contributed by atoms with Gasteiger partial charge in [0.2, 0.25) is 0 Å². The molecule has 0 fully saturated rings. The molecule has 0 saturated heterocycles. The largest absolute Gasteiger partial charge is 3.00 e. The van der Waals surface area contributed by atoms with Gasteiger partial charge in [-0.1, -0.05) is 0 Å². The Morgan fingerprint density at radius 2 is 0.786 bits per heavy atom. The van der Waals surface area contributed by atoms with Crippen molar-refractivity contribution in [2.24, 2.45) is 0 Å². The van der Waals surface area contributed by atoms with Crippen molar-refractivity contribution in [3.8, 4) is 0 Å². The molecule has 0 atom stereocenters. The van der Waals surface area contributed by atoms with Crippen LogP contribution in [0.15, 0.2) is 60.7 Å². The minimum absolute atomic E-state index is 0. The third-order valence-corrected chi connectivity index (χ3v) is 1.21. The smallest absolute Gasteiger partial charge is 0.693 e. The van der Waals surface area contributed by atoms with E-state index in [1.54, 1.807) is 0 Å². The Hall–Kier alpha value is -1.09. The molecule has 0 aromatic heterocycles. The van der Waals surface area contributed by atoms with E-state index in [0.717, 1.165) is 0 Å². The molecule has 0 bridgehead atoms. The molecular formula is C12H12CoN. The summed E-state index contributed by atoms with van der Waals surface area (Å²) in [6.45, 7) is 0. The van der Waals surface area contributed by atoms with Gasteiger partial charge in [-0.05, 0) is 0 Å². The maximum absolute atomic E-state index is 2.89. The Bertz CT molecular complexity index is 186. The summed E-state index contributed by atoms with van der Waals surface area (Å²) in [5.41, 5.74) is 0. The van der Waals surface area contributed by atoms with Crippen molar-refractivity contribution in [3.05, 3.63) is 78.9 Å². The van der Waals surface area contributed by atoms with E-state index in [9.17, 15) is 0 Å². The fourth-order valence-corrected chi connectivity index (χ4v) is 0.684. The predicted molar refractivity (Wildman–Crippen MR) is 55.8 cm³/mol. The molecular weight excluding hydrogens is 217 g/mol. The number of hydrogen-bond donors (Lipinski definition) is 0. The number of nitrogens with two attached hydrogens (primary N) is 1. The molecule has 0 heterocycles. The van der Waals surface area contributed by atoms with E-state index in [1.807, 2.05) is 60.7 Å². The molecule has 0 amide bonds. The molecule has 2 aromatic carbocycles. The minimum Gasteiger partial charge on any atom is -0.693 e. The minimum atomic E-state index is 0. The first-order chi connectivity index (χ1) is 6.00. The van der Waals surface area contributed by atoms with Gasteiger partial charge in [0, 0.05) is 0 Å². The summed E-state index contributed by atoms with van der Waals surface area (Å²) in [6, 6.07) is 25.0. The van der Waals surface area contributed by atoms with E-state index in [-0.39, 0.29) is 22.9 Å². The molecule has 0 saturated carbocycles. The fraction of sp³-hybridized carbons (Fsp3) is 0. The standard InChI is InChI=1S/2C6H5.Co.H2N/c2*1-2-4-6-5-3-1;;/h2*1-5H;;1H2/q2*-1;+3;-1. The maximum atomic E-state index is 2.89. The van der Waals surface area contributed by atoms with Crippen LogP contribution in [0.1, 0.15) is 0 Å². The van der Waals surface area contributed by atoms with E-state index in [0.29, 0.717) is 0 Å². The number of benzene rings is 2. The molecule has 0 unspecified atom stereocenters. The Morgan fingerprint density at radius 1 is 0.500 bits per heavy atom. The van der Waals surface area contributed by atoms with Crippen LogP contribution in [0.2, 0.25) is 0 Å². The second kappa shape index (κ2) is 11.9. The molecule has 1 nitrogen and oxygen atoms in total. The molecule has 2 aromatic rings. The van der Waals surface area contributed by atoms with Crippen molar-refractivity contribution in [2.75, 3.05) is 0 Å². The molecule has 2 rings (SSSR count). The van der Waals surface area contributed by atoms with Gasteiger partial charge in [-0.25, -0.2) is 0 Å². The SMILES string of the molecule is [Co+3].[NH2-].[c-]1ccccc1.[c-]1ccccc1. The van der Waals surface area contributed by atoms with Gasteiger partial charge >= 0.3 is 16.8 Å². The van der Waals surface area contributed by atoms with Gasteiger partial charge in [0.1, 0.15) is 0 Å². The second-order valence-electron chi connectivity index (χ2n) is 2.15. The molecule has 0 aliphatic rings. The van der Waals surface area contributed by atoms with Crippen LogP contribution in [-0.2, 0) is 16.8 Å². The Morgan fingerprint density at radius 3 is 0.857 bits per heavy atom. The van der Waals surface area contributed by atoms with E-state index in [2.05, 4.69) is 12.1 Å². The van der Waals surface area contributed by atoms with Crippen molar-refractivity contribution in [2.45, 2.75) is 0 Å². The van der Waals surface area contributed by atoms with Crippen LogP contribution in [0, 0.1) is 12.1 Å². The third kappa shape index (κ3) is 9.00. The Labute approximate surface area is 96.0 Å². The molecule has 14 heavy (non-hydrogen) atoms. The summed E-state index contributed by atoms with van der Waals surface area (Å²) < 4.78 is 0. The normalized spacial score (nSPS) is 6.86. The van der Waals surface area contributed by atoms with Gasteiger partial charge in [-0.2, -0.15) is 72.8 Å². The zero-order valence-corrected chi connectivity index (χ0v) is 8.73. The van der Waals surface area contributed by atoms with Gasteiger partial charge in [0.05, 0.1) is 0 Å². The van der Waals surface area contributed by atoms with Crippen LogP contribution in [0.5, 0.6) is 0 Å². The first-order valence-electron chi connectivity index (χ1n) is 3.82. The summed E-state index contributed by atoms with van der Waals surface area (Å²) in [7, 11) is 0. The van der Waals surface area contributed by atoms with Crippen LogP contribution in [-0.4, -0.2) is 0 Å². The number of hydrogen-bond acceptors (Lipinski definition) is 0. The molecule has 2 N–H and O–H groups in total. The maximum Gasteiger partial charge on any atom is 3.00 e. The van der Waals surface area contributed by atoms with Gasteiger partial charge in [0.15, 0.2) is 0 Å². The average Bonchev–Trinajstić information content (AvgIpc) is 2.24. The molecule has 2 heteroatoms. The van der Waals surface area contributed by atoms with Crippen molar-refractivity contribution >= 4 is 0 Å². The van der Waals surface area contributed by atoms with Crippen molar-refractivity contribution in [1.29, 1.82) is 0 Å². The summed E-state index contributed by atoms with van der Waals surface area (Å²) in [5, 5.41) is 0. The quantitative estimate of drug-likeness (QED) is 0.617. The van der Waals surface area contributed by atoms with Gasteiger partial charge in [-0.15, -0.1) is 0 Å². The first-order valence-corrected chi connectivity index (χ1v) is 3.82. The zero-order valence-electron chi connectivity index (χ0n) is 7.68. The Balaban J connectivity index is 0. The van der Waals surface area contributed by atoms with Crippen molar-refractivity contribution in [1.82, 2.24) is 0 Å². The second-order valence-corrected chi connectivity index (χ2v) is 2.15. The Kier molecular flexibility index (Phi) is 13.1. The fourth-order valence-electron chi connectivity index (χ4n) is 0.684. The van der Waals surface area contributed by atoms with Crippen LogP contribution in [0.4, 0.5) is 0 Å². The third-order valence-electron chi connectivity index (χ3n) is 1.21. The molecule has 0 aliphatic heterocycles. The zero-order chi connectivity index (χ0) is 8.49. The van der Waals surface area contributed by atoms with E-state index >= 15 is 0 Å². The topological polar surface area (TPSA) is 33.5 Å². The molecule has 0 spiro atoms. The van der Waals surface area contributed by atoms with E-state index in [4.69, 9.17) is 0 Å².